The summed E-state index contributed by atoms with van der Waals surface area (Å²) in [5, 5.41) is 0. The van der Waals surface area contributed by atoms with Crippen molar-refractivity contribution in [1.29, 1.82) is 0 Å². The third-order valence-electron chi connectivity index (χ3n) is 4.92. The van der Waals surface area contributed by atoms with Crippen LogP contribution in [0.4, 0.5) is 5.69 Å². The van der Waals surface area contributed by atoms with E-state index in [1.54, 1.807) is 0 Å². The highest BCUT2D eigenvalue weighted by Gasteiger charge is 2.26. The summed E-state index contributed by atoms with van der Waals surface area (Å²) >= 11 is 0. The number of likely N-dealkylation sites (tertiary alicyclic amines) is 1. The van der Waals surface area contributed by atoms with E-state index in [2.05, 4.69) is 52.9 Å². The fourth-order valence-corrected chi connectivity index (χ4v) is 3.46. The van der Waals surface area contributed by atoms with Crippen molar-refractivity contribution in [3.8, 4) is 0 Å². The highest BCUT2D eigenvalue weighted by atomic mass is 15.3. The molecule has 1 aromatic rings. The van der Waals surface area contributed by atoms with E-state index >= 15 is 0 Å². The number of piperidine rings is 1. The van der Waals surface area contributed by atoms with Crippen LogP contribution in [-0.2, 0) is 0 Å². The molecule has 20 heavy (non-hydrogen) atoms. The first-order valence-corrected chi connectivity index (χ1v) is 7.96. The third kappa shape index (κ3) is 3.15. The van der Waals surface area contributed by atoms with Crippen LogP contribution in [-0.4, -0.2) is 62.2 Å². The van der Waals surface area contributed by atoms with Crippen molar-refractivity contribution in [2.24, 2.45) is 0 Å². The molecule has 0 amide bonds. The molecule has 0 N–H and O–H groups in total. The van der Waals surface area contributed by atoms with Crippen LogP contribution in [0.25, 0.3) is 0 Å². The van der Waals surface area contributed by atoms with Crippen molar-refractivity contribution in [1.82, 2.24) is 9.80 Å². The van der Waals surface area contributed by atoms with Gasteiger partial charge < -0.3 is 9.80 Å². The molecule has 2 aliphatic heterocycles. The molecular weight excluding hydrogens is 246 g/mol. The Bertz CT molecular complexity index is 412. The van der Waals surface area contributed by atoms with Crippen molar-refractivity contribution in [3.63, 3.8) is 0 Å². The Morgan fingerprint density at radius 3 is 2.05 bits per heavy atom. The van der Waals surface area contributed by atoms with Crippen molar-refractivity contribution in [2.75, 3.05) is 51.2 Å². The molecule has 1 aromatic carbocycles. The summed E-state index contributed by atoms with van der Waals surface area (Å²) in [6.45, 7) is 9.49. The van der Waals surface area contributed by atoms with Crippen LogP contribution in [0.2, 0.25) is 0 Å². The fourth-order valence-electron chi connectivity index (χ4n) is 3.46. The first-order chi connectivity index (χ1) is 9.72. The molecule has 0 aromatic heterocycles. The standard InChI is InChI=1S/C17H27N3/c1-15-3-5-16(6-4-15)19-11-13-20(14-12-19)17-7-9-18(2)10-8-17/h3-6,17H,7-14H2,1-2H3. The second-order valence-electron chi connectivity index (χ2n) is 6.39. The van der Waals surface area contributed by atoms with Gasteiger partial charge in [-0.15, -0.1) is 0 Å². The number of aryl methyl sites for hydroxylation is 1. The molecule has 0 bridgehead atoms. The van der Waals surface area contributed by atoms with Gasteiger partial charge in [-0.1, -0.05) is 17.7 Å². The lowest BCUT2D eigenvalue weighted by Gasteiger charge is -2.42. The minimum atomic E-state index is 0.825. The summed E-state index contributed by atoms with van der Waals surface area (Å²) < 4.78 is 0. The second kappa shape index (κ2) is 6.15. The average Bonchev–Trinajstić information content (AvgIpc) is 2.49. The van der Waals surface area contributed by atoms with Crippen molar-refractivity contribution >= 4 is 5.69 Å². The Morgan fingerprint density at radius 1 is 0.850 bits per heavy atom. The lowest BCUT2D eigenvalue weighted by atomic mass is 10.0. The molecule has 3 nitrogen and oxygen atoms in total. The zero-order valence-electron chi connectivity index (χ0n) is 12.9. The van der Waals surface area contributed by atoms with Gasteiger partial charge in [0.1, 0.15) is 0 Å². The quantitative estimate of drug-likeness (QED) is 0.818. The number of nitrogens with zero attached hydrogens (tertiary/aromatic N) is 3. The first-order valence-electron chi connectivity index (χ1n) is 7.96. The molecule has 0 radical (unpaired) electrons. The summed E-state index contributed by atoms with van der Waals surface area (Å²) in [5.74, 6) is 0. The second-order valence-corrected chi connectivity index (χ2v) is 6.39. The summed E-state index contributed by atoms with van der Waals surface area (Å²) in [4.78, 5) is 7.71. The lowest BCUT2D eigenvalue weighted by Crippen LogP contribution is -2.53. The van der Waals surface area contributed by atoms with Crippen molar-refractivity contribution < 1.29 is 0 Å². The number of anilines is 1. The molecule has 2 heterocycles. The molecule has 3 heteroatoms. The van der Waals surface area contributed by atoms with E-state index in [4.69, 9.17) is 0 Å². The first kappa shape index (κ1) is 13.9. The molecule has 0 spiro atoms. The van der Waals surface area contributed by atoms with E-state index in [1.165, 1.54) is 63.4 Å². The largest absolute Gasteiger partial charge is 0.369 e. The molecular formula is C17H27N3. The number of benzene rings is 1. The topological polar surface area (TPSA) is 9.72 Å². The van der Waals surface area contributed by atoms with Gasteiger partial charge in [0.2, 0.25) is 0 Å². The number of hydrogen-bond acceptors (Lipinski definition) is 3. The van der Waals surface area contributed by atoms with Gasteiger partial charge in [-0.3, -0.25) is 4.90 Å². The summed E-state index contributed by atoms with van der Waals surface area (Å²) in [5.41, 5.74) is 2.73. The van der Waals surface area contributed by atoms with E-state index in [1.807, 2.05) is 0 Å². The van der Waals surface area contributed by atoms with Gasteiger partial charge in [-0.25, -0.2) is 0 Å². The van der Waals surface area contributed by atoms with E-state index in [0.717, 1.165) is 6.04 Å². The van der Waals surface area contributed by atoms with Crippen LogP contribution in [0.15, 0.2) is 24.3 Å². The number of piperazine rings is 1. The van der Waals surface area contributed by atoms with Crippen LogP contribution in [0.1, 0.15) is 18.4 Å². The van der Waals surface area contributed by atoms with E-state index in [-0.39, 0.29) is 0 Å². The number of hydrogen-bond donors (Lipinski definition) is 0. The molecule has 0 aliphatic carbocycles. The van der Waals surface area contributed by atoms with Crippen molar-refractivity contribution in [2.45, 2.75) is 25.8 Å². The molecule has 0 atom stereocenters. The van der Waals surface area contributed by atoms with Crippen LogP contribution < -0.4 is 4.90 Å². The Hall–Kier alpha value is -1.06. The van der Waals surface area contributed by atoms with E-state index < -0.39 is 0 Å². The Morgan fingerprint density at radius 2 is 1.45 bits per heavy atom. The van der Waals surface area contributed by atoms with E-state index in [9.17, 15) is 0 Å². The molecule has 0 saturated carbocycles. The normalized spacial score (nSPS) is 23.2. The zero-order valence-corrected chi connectivity index (χ0v) is 12.9. The lowest BCUT2D eigenvalue weighted by molar-refractivity contribution is 0.115. The van der Waals surface area contributed by atoms with Crippen molar-refractivity contribution in [3.05, 3.63) is 29.8 Å². The smallest absolute Gasteiger partial charge is 0.0367 e. The van der Waals surface area contributed by atoms with Crippen LogP contribution in [0, 0.1) is 6.92 Å². The van der Waals surface area contributed by atoms with Gasteiger partial charge in [0.25, 0.3) is 0 Å². The fraction of sp³-hybridized carbons (Fsp3) is 0.647. The molecule has 3 rings (SSSR count). The average molecular weight is 273 g/mol. The minimum absolute atomic E-state index is 0.825. The van der Waals surface area contributed by atoms with Gasteiger partial charge in [-0.05, 0) is 52.0 Å². The van der Waals surface area contributed by atoms with Crippen LogP contribution in [0.3, 0.4) is 0 Å². The highest BCUT2D eigenvalue weighted by molar-refractivity contribution is 5.47. The summed E-state index contributed by atoms with van der Waals surface area (Å²) in [7, 11) is 2.24. The van der Waals surface area contributed by atoms with Crippen LogP contribution >= 0.6 is 0 Å². The number of rotatable bonds is 2. The monoisotopic (exact) mass is 273 g/mol. The van der Waals surface area contributed by atoms with Crippen LogP contribution in [0.5, 0.6) is 0 Å². The molecule has 2 saturated heterocycles. The predicted molar refractivity (Wildman–Crippen MR) is 85.5 cm³/mol. The van der Waals surface area contributed by atoms with Gasteiger partial charge >= 0.3 is 0 Å². The molecule has 2 aliphatic rings. The maximum atomic E-state index is 2.72. The summed E-state index contributed by atoms with van der Waals surface area (Å²) in [6.07, 6.45) is 2.70. The molecule has 0 unspecified atom stereocenters. The Labute approximate surface area is 123 Å². The summed E-state index contributed by atoms with van der Waals surface area (Å²) in [6, 6.07) is 9.80. The Balaban J connectivity index is 1.53. The van der Waals surface area contributed by atoms with Gasteiger partial charge in [-0.2, -0.15) is 0 Å². The molecule has 2 fully saturated rings. The maximum absolute atomic E-state index is 2.72. The highest BCUT2D eigenvalue weighted by Crippen LogP contribution is 2.21. The Kier molecular flexibility index (Phi) is 4.27. The third-order valence-corrected chi connectivity index (χ3v) is 4.92. The molecule has 110 valence electrons. The van der Waals surface area contributed by atoms with Gasteiger partial charge in [0.05, 0.1) is 0 Å². The van der Waals surface area contributed by atoms with E-state index in [0.29, 0.717) is 0 Å². The van der Waals surface area contributed by atoms with Gasteiger partial charge in [0, 0.05) is 37.9 Å². The van der Waals surface area contributed by atoms with Gasteiger partial charge in [0.15, 0.2) is 0 Å². The SMILES string of the molecule is Cc1ccc(N2CCN(C3CCN(C)CC3)CC2)cc1. The minimum Gasteiger partial charge on any atom is -0.369 e. The zero-order chi connectivity index (χ0) is 13.9. The maximum Gasteiger partial charge on any atom is 0.0367 e. The predicted octanol–water partition coefficient (Wildman–Crippen LogP) is 2.21.